The molecule has 1 N–H and O–H groups in total. The quantitative estimate of drug-likeness (QED) is 0.203. The van der Waals surface area contributed by atoms with Crippen molar-refractivity contribution in [1.29, 1.82) is 0 Å². The molecule has 0 radical (unpaired) electrons. The first-order valence-corrected chi connectivity index (χ1v) is 14.1. The number of ether oxygens (including phenoxy) is 1. The lowest BCUT2D eigenvalue weighted by molar-refractivity contribution is 0.100. The third kappa shape index (κ3) is 4.95. The molecule has 0 unspecified atom stereocenters. The van der Waals surface area contributed by atoms with Gasteiger partial charge in [-0.2, -0.15) is 0 Å². The Hall–Kier alpha value is -4.58. The fourth-order valence-electron chi connectivity index (χ4n) is 5.78. The van der Waals surface area contributed by atoms with Crippen molar-refractivity contribution in [2.24, 2.45) is 0 Å². The van der Waals surface area contributed by atoms with Crippen molar-refractivity contribution in [1.82, 2.24) is 9.13 Å². The summed E-state index contributed by atoms with van der Waals surface area (Å²) >= 11 is 0. The Morgan fingerprint density at radius 3 is 1.66 bits per heavy atom. The van der Waals surface area contributed by atoms with E-state index >= 15 is 0 Å². The number of fused-ring (bicyclic) bond motifs is 6. The first kappa shape index (κ1) is 28.0. The normalized spacial score (nSPS) is 11.2. The zero-order chi connectivity index (χ0) is 29.3. The van der Waals surface area contributed by atoms with Crippen LogP contribution in [0.4, 0.5) is 0 Å². The average molecular weight is 549 g/mol. The highest BCUT2D eigenvalue weighted by atomic mass is 16.5. The number of phenolic OH excluding ortho intramolecular Hbond substituents is 1. The predicted octanol–water partition coefficient (Wildman–Crippen LogP) is 8.53. The molecule has 0 aliphatic carbocycles. The maximum absolute atomic E-state index is 11.7. The van der Waals surface area contributed by atoms with E-state index in [1.807, 2.05) is 60.7 Å². The molecule has 41 heavy (non-hydrogen) atoms. The number of carbonyl (C=O) groups excluding carboxylic acids is 2. The van der Waals surface area contributed by atoms with Crippen LogP contribution in [0.5, 0.6) is 11.5 Å². The Bertz CT molecular complexity index is 1930. The van der Waals surface area contributed by atoms with Crippen molar-refractivity contribution >= 4 is 55.2 Å². The second-order valence-corrected chi connectivity index (χ2v) is 10.4. The van der Waals surface area contributed by atoms with E-state index in [0.717, 1.165) is 80.9 Å². The molecule has 0 fully saturated rings. The van der Waals surface area contributed by atoms with E-state index in [4.69, 9.17) is 4.74 Å². The van der Waals surface area contributed by atoms with E-state index in [9.17, 15) is 14.7 Å². The zero-order valence-corrected chi connectivity index (χ0v) is 24.3. The number of carbonyl (C=O) groups is 2. The van der Waals surface area contributed by atoms with Crippen LogP contribution in [-0.2, 0) is 13.1 Å². The summed E-state index contributed by atoms with van der Waals surface area (Å²) in [5, 5.41) is 14.1. The van der Waals surface area contributed by atoms with Crippen molar-refractivity contribution in [2.75, 3.05) is 7.11 Å². The smallest absolute Gasteiger partial charge is 0.159 e. The molecule has 0 aliphatic heterocycles. The molecule has 6 nitrogen and oxygen atoms in total. The van der Waals surface area contributed by atoms with Crippen molar-refractivity contribution in [3.8, 4) is 11.5 Å². The Balaban J connectivity index is 0.000000165. The standard InChI is InChI=1S/C18H19NO2.C17H17NO2/c1-4-10-19-15-9-8-13(12(2)20)11-14(15)18-16(19)6-5-7-17(18)21-3;1-3-9-18-14-8-7-12(11(2)19)10-13(14)17-15(18)5-4-6-16(17)20/h5-9,11H,4,10H2,1-3H3;4-8,10,20H,3,9H2,1-2H3. The molecule has 0 saturated carbocycles. The molecule has 6 rings (SSSR count). The molecule has 0 bridgehead atoms. The van der Waals surface area contributed by atoms with Gasteiger partial charge in [0.2, 0.25) is 0 Å². The lowest BCUT2D eigenvalue weighted by atomic mass is 10.1. The van der Waals surface area contributed by atoms with Gasteiger partial charge in [-0.05, 0) is 87.4 Å². The number of rotatable bonds is 7. The number of phenols is 1. The summed E-state index contributed by atoms with van der Waals surface area (Å²) in [6, 6.07) is 23.3. The summed E-state index contributed by atoms with van der Waals surface area (Å²) in [5.41, 5.74) is 5.81. The minimum atomic E-state index is 0.0405. The summed E-state index contributed by atoms with van der Waals surface area (Å²) in [5.74, 6) is 1.25. The SMILES string of the molecule is CCCn1c2ccc(C(C)=O)cc2c2c(O)cccc21.CCCn1c2ccc(C(C)=O)cc2c2c(OC)cccc21. The van der Waals surface area contributed by atoms with E-state index in [1.165, 1.54) is 0 Å². The molecular weight excluding hydrogens is 512 g/mol. The minimum absolute atomic E-state index is 0.0405. The summed E-state index contributed by atoms with van der Waals surface area (Å²) in [7, 11) is 1.69. The van der Waals surface area contributed by atoms with Crippen LogP contribution < -0.4 is 4.74 Å². The molecule has 0 spiro atoms. The van der Waals surface area contributed by atoms with Crippen molar-refractivity contribution in [2.45, 2.75) is 53.6 Å². The second kappa shape index (κ2) is 11.5. The van der Waals surface area contributed by atoms with Crippen molar-refractivity contribution < 1.29 is 19.4 Å². The maximum Gasteiger partial charge on any atom is 0.159 e. The largest absolute Gasteiger partial charge is 0.507 e. The number of aromatic nitrogens is 2. The fourth-order valence-corrected chi connectivity index (χ4v) is 5.78. The topological polar surface area (TPSA) is 73.5 Å². The van der Waals surface area contributed by atoms with Crippen LogP contribution in [0, 0.1) is 0 Å². The van der Waals surface area contributed by atoms with Gasteiger partial charge in [-0.3, -0.25) is 9.59 Å². The highest BCUT2D eigenvalue weighted by molar-refractivity contribution is 6.14. The van der Waals surface area contributed by atoms with Crippen LogP contribution in [-0.4, -0.2) is 32.9 Å². The van der Waals surface area contributed by atoms with Crippen LogP contribution in [0.25, 0.3) is 43.6 Å². The predicted molar refractivity (Wildman–Crippen MR) is 168 cm³/mol. The molecule has 4 aromatic carbocycles. The number of nitrogens with zero attached hydrogens (tertiary/aromatic N) is 2. The number of ketones is 2. The second-order valence-electron chi connectivity index (χ2n) is 10.4. The van der Waals surface area contributed by atoms with E-state index in [1.54, 1.807) is 27.0 Å². The molecule has 2 aromatic heterocycles. The van der Waals surface area contributed by atoms with Crippen molar-refractivity contribution in [3.05, 3.63) is 83.9 Å². The molecule has 210 valence electrons. The van der Waals surface area contributed by atoms with Gasteiger partial charge in [0.1, 0.15) is 11.5 Å². The summed E-state index contributed by atoms with van der Waals surface area (Å²) in [6.45, 7) is 9.30. The number of aryl methyl sites for hydroxylation is 2. The molecule has 2 heterocycles. The number of methoxy groups -OCH3 is 1. The number of hydrogen-bond acceptors (Lipinski definition) is 4. The molecule has 0 atom stereocenters. The van der Waals surface area contributed by atoms with Gasteiger partial charge in [0.15, 0.2) is 11.6 Å². The Morgan fingerprint density at radius 1 is 0.683 bits per heavy atom. The van der Waals surface area contributed by atoms with Crippen LogP contribution in [0.1, 0.15) is 61.3 Å². The summed E-state index contributed by atoms with van der Waals surface area (Å²) in [6.07, 6.45) is 2.08. The minimum Gasteiger partial charge on any atom is -0.507 e. The summed E-state index contributed by atoms with van der Waals surface area (Å²) in [4.78, 5) is 23.2. The van der Waals surface area contributed by atoms with Gasteiger partial charge in [0.05, 0.1) is 18.1 Å². The molecule has 0 saturated heterocycles. The Labute approximate surface area is 239 Å². The first-order valence-electron chi connectivity index (χ1n) is 14.1. The average Bonchev–Trinajstić information content (AvgIpc) is 3.46. The third-order valence-corrected chi connectivity index (χ3v) is 7.65. The van der Waals surface area contributed by atoms with Gasteiger partial charge in [0.25, 0.3) is 0 Å². The van der Waals surface area contributed by atoms with E-state index in [-0.39, 0.29) is 17.3 Å². The first-order chi connectivity index (χ1) is 19.8. The highest BCUT2D eigenvalue weighted by Crippen LogP contribution is 2.37. The Kier molecular flexibility index (Phi) is 7.84. The van der Waals surface area contributed by atoms with Gasteiger partial charge in [0, 0.05) is 56.8 Å². The van der Waals surface area contributed by atoms with Gasteiger partial charge in [-0.15, -0.1) is 0 Å². The molecule has 6 aromatic rings. The van der Waals surface area contributed by atoms with Crippen LogP contribution in [0.2, 0.25) is 0 Å². The molecule has 6 heteroatoms. The summed E-state index contributed by atoms with van der Waals surface area (Å²) < 4.78 is 10.0. The third-order valence-electron chi connectivity index (χ3n) is 7.65. The van der Waals surface area contributed by atoms with E-state index in [2.05, 4.69) is 29.0 Å². The van der Waals surface area contributed by atoms with Gasteiger partial charge in [-0.1, -0.05) is 26.0 Å². The highest BCUT2D eigenvalue weighted by Gasteiger charge is 2.16. The monoisotopic (exact) mass is 548 g/mol. The number of benzene rings is 4. The molecule has 0 amide bonds. The van der Waals surface area contributed by atoms with Gasteiger partial charge >= 0.3 is 0 Å². The van der Waals surface area contributed by atoms with Crippen LogP contribution in [0.15, 0.2) is 72.8 Å². The van der Waals surface area contributed by atoms with Gasteiger partial charge < -0.3 is 19.0 Å². The van der Waals surface area contributed by atoms with E-state index in [0.29, 0.717) is 5.56 Å². The number of aromatic hydroxyl groups is 1. The molecular formula is C35H36N2O4. The lowest BCUT2D eigenvalue weighted by Gasteiger charge is -2.06. The van der Waals surface area contributed by atoms with Crippen LogP contribution >= 0.6 is 0 Å². The lowest BCUT2D eigenvalue weighted by Crippen LogP contribution is -1.96. The Morgan fingerprint density at radius 2 is 1.17 bits per heavy atom. The maximum atomic E-state index is 11.7. The number of hydrogen-bond donors (Lipinski definition) is 1. The van der Waals surface area contributed by atoms with Crippen LogP contribution in [0.3, 0.4) is 0 Å². The number of Topliss-reactive ketones (excluding diaryl/α,β-unsaturated/α-hetero) is 2. The van der Waals surface area contributed by atoms with Gasteiger partial charge in [-0.25, -0.2) is 0 Å². The fraction of sp³-hybridized carbons (Fsp3) is 0.257. The van der Waals surface area contributed by atoms with E-state index < -0.39 is 0 Å². The molecule has 0 aliphatic rings. The zero-order valence-electron chi connectivity index (χ0n) is 24.3. The van der Waals surface area contributed by atoms with Crippen molar-refractivity contribution in [3.63, 3.8) is 0 Å².